The van der Waals surface area contributed by atoms with E-state index in [0.29, 0.717) is 33.9 Å². The molecular weight excluding hydrogens is 673 g/mol. The molecule has 5 aromatic rings. The number of H-pyrrole nitrogens is 1. The Morgan fingerprint density at radius 2 is 1.51 bits per heavy atom. The average Bonchev–Trinajstić information content (AvgIpc) is 3.60. The largest absolute Gasteiger partial charge is 0.492 e. The van der Waals surface area contributed by atoms with Crippen LogP contribution in [0.4, 0.5) is 36.4 Å². The predicted molar refractivity (Wildman–Crippen MR) is 152 cm³/mol. The van der Waals surface area contributed by atoms with E-state index in [-0.39, 0.29) is 17.2 Å². The Labute approximate surface area is 258 Å². The van der Waals surface area contributed by atoms with Gasteiger partial charge in [-0.05, 0) is 54.4 Å². The number of halogens is 7. The second kappa shape index (κ2) is 13.9. The van der Waals surface area contributed by atoms with E-state index in [9.17, 15) is 39.2 Å². The van der Waals surface area contributed by atoms with Crippen molar-refractivity contribution in [3.05, 3.63) is 60.4 Å². The van der Waals surface area contributed by atoms with E-state index >= 15 is 0 Å². The fourth-order valence-electron chi connectivity index (χ4n) is 3.54. The van der Waals surface area contributed by atoms with Gasteiger partial charge in [0.1, 0.15) is 5.52 Å². The molecule has 0 amide bonds. The van der Waals surface area contributed by atoms with E-state index in [4.69, 9.17) is 29.0 Å². The third-order valence-corrected chi connectivity index (χ3v) is 6.98. The number of alkyl halides is 6. The highest BCUT2D eigenvalue weighted by molar-refractivity contribution is 7.92. The normalized spacial score (nSPS) is 11.7. The highest BCUT2D eigenvalue weighted by Crippen LogP contribution is 2.36. The molecule has 0 aliphatic rings. The number of aromatic nitrogens is 3. The number of ether oxygens (including phenoxy) is 1. The van der Waals surface area contributed by atoms with Crippen molar-refractivity contribution in [3.8, 4) is 28.6 Å². The number of rotatable bonds is 6. The number of para-hydroxylation sites is 2. The monoisotopic (exact) mass is 694 g/mol. The van der Waals surface area contributed by atoms with Crippen molar-refractivity contribution < 1.29 is 68.1 Å². The van der Waals surface area contributed by atoms with Crippen LogP contribution in [0.5, 0.6) is 5.75 Å². The van der Waals surface area contributed by atoms with Gasteiger partial charge in [0.15, 0.2) is 23.0 Å². The van der Waals surface area contributed by atoms with Crippen LogP contribution in [0.2, 0.25) is 0 Å². The minimum Gasteiger partial charge on any atom is -0.492 e. The number of carboxylic acid groups (broad SMARTS) is 2. The molecule has 2 aromatic heterocycles. The van der Waals surface area contributed by atoms with Crippen molar-refractivity contribution in [1.82, 2.24) is 15.0 Å². The number of hydrogen-bond donors (Lipinski definition) is 4. The number of sulfonamides is 1. The van der Waals surface area contributed by atoms with Crippen LogP contribution in [0.15, 0.2) is 59.0 Å². The van der Waals surface area contributed by atoms with Crippen LogP contribution in [0.1, 0.15) is 6.92 Å². The van der Waals surface area contributed by atoms with Crippen LogP contribution in [-0.4, -0.2) is 70.7 Å². The van der Waals surface area contributed by atoms with Gasteiger partial charge in [-0.1, -0.05) is 18.2 Å². The summed E-state index contributed by atoms with van der Waals surface area (Å²) in [7, 11) is -2.35. The third kappa shape index (κ3) is 9.31. The number of oxazole rings is 1. The van der Waals surface area contributed by atoms with Gasteiger partial charge in [0.2, 0.25) is 10.0 Å². The lowest BCUT2D eigenvalue weighted by atomic mass is 10.0. The smallest absolute Gasteiger partial charge is 0.490 e. The molecule has 0 unspecified atom stereocenters. The van der Waals surface area contributed by atoms with Gasteiger partial charge in [0, 0.05) is 0 Å². The van der Waals surface area contributed by atoms with Crippen LogP contribution in [0, 0.1) is 5.82 Å². The number of aromatic amines is 1. The Kier molecular flexibility index (Phi) is 10.7. The number of hydrogen-bond acceptors (Lipinski definition) is 8. The van der Waals surface area contributed by atoms with E-state index in [1.165, 1.54) is 26.2 Å². The second-order valence-corrected chi connectivity index (χ2v) is 11.0. The lowest BCUT2D eigenvalue weighted by Gasteiger charge is -2.14. The Balaban J connectivity index is 0.000000360. The SMILES string of the molecule is CCS(=O)(=O)Nc1cc(-c2ccc3nc(-c4nc5ccccc5[nH]4)oc3c2)cc(F)c1OC.O=C(O)C(F)(F)F.O=C(O)C(F)(F)F. The summed E-state index contributed by atoms with van der Waals surface area (Å²) in [6.07, 6.45) is -10.2. The molecule has 3 aromatic carbocycles. The van der Waals surface area contributed by atoms with E-state index in [2.05, 4.69) is 19.7 Å². The molecule has 0 bridgehead atoms. The molecule has 47 heavy (non-hydrogen) atoms. The Bertz CT molecular complexity index is 1970. The number of nitrogens with zero attached hydrogens (tertiary/aromatic N) is 2. The van der Waals surface area contributed by atoms with Crippen LogP contribution in [0.25, 0.3) is 45.0 Å². The summed E-state index contributed by atoms with van der Waals surface area (Å²) in [5, 5.41) is 14.2. The molecule has 20 heteroatoms. The standard InChI is InChI=1S/C23H19FN4O4S.2C2HF3O2/c1-3-33(29,30)28-19-11-14(10-15(24)21(19)31-2)13-8-9-18-20(12-13)32-23(27-18)22-25-16-6-4-5-7-17(16)26-22;2*3-2(4,5)1(6)7/h4-12,28H,3H2,1-2H3,(H,25,26);2*(H,6,7). The van der Waals surface area contributed by atoms with Crippen LogP contribution >= 0.6 is 0 Å². The van der Waals surface area contributed by atoms with Crippen molar-refractivity contribution in [2.75, 3.05) is 17.6 Å². The first-order valence-corrected chi connectivity index (χ1v) is 14.2. The number of aliphatic carboxylic acids is 2. The first kappa shape index (κ1) is 36.1. The summed E-state index contributed by atoms with van der Waals surface area (Å²) in [6, 6.07) is 15.6. The van der Waals surface area contributed by atoms with Gasteiger partial charge in [-0.15, -0.1) is 0 Å². The number of anilines is 1. The molecule has 0 fully saturated rings. The summed E-state index contributed by atoms with van der Waals surface area (Å²) < 4.78 is 116. The maximum Gasteiger partial charge on any atom is 0.490 e. The van der Waals surface area contributed by atoms with Gasteiger partial charge < -0.3 is 24.4 Å². The first-order valence-electron chi connectivity index (χ1n) is 12.6. The van der Waals surface area contributed by atoms with E-state index in [1.807, 2.05) is 24.3 Å². The minimum atomic E-state index is -5.08. The third-order valence-electron chi connectivity index (χ3n) is 5.69. The molecule has 0 spiro atoms. The molecular formula is C27H21F7N4O8S. The molecule has 0 aliphatic carbocycles. The Morgan fingerprint density at radius 3 is 2.04 bits per heavy atom. The highest BCUT2D eigenvalue weighted by atomic mass is 32.2. The lowest BCUT2D eigenvalue weighted by Crippen LogP contribution is -2.21. The summed E-state index contributed by atoms with van der Waals surface area (Å²) in [5.41, 5.74) is 3.84. The molecule has 0 saturated heterocycles. The van der Waals surface area contributed by atoms with Gasteiger partial charge in [-0.3, -0.25) is 4.72 Å². The summed E-state index contributed by atoms with van der Waals surface area (Å²) in [4.78, 5) is 30.0. The van der Waals surface area contributed by atoms with Crippen molar-refractivity contribution in [3.63, 3.8) is 0 Å². The molecule has 0 aliphatic heterocycles. The van der Waals surface area contributed by atoms with Crippen LogP contribution in [0.3, 0.4) is 0 Å². The number of fused-ring (bicyclic) bond motifs is 2. The molecule has 12 nitrogen and oxygen atoms in total. The van der Waals surface area contributed by atoms with Crippen molar-refractivity contribution >= 4 is 49.8 Å². The fraction of sp³-hybridized carbons (Fsp3) is 0.185. The molecule has 0 saturated carbocycles. The highest BCUT2D eigenvalue weighted by Gasteiger charge is 2.38. The zero-order valence-corrected chi connectivity index (χ0v) is 24.5. The van der Waals surface area contributed by atoms with E-state index in [1.54, 1.807) is 18.2 Å². The number of nitrogens with one attached hydrogen (secondary N) is 2. The summed E-state index contributed by atoms with van der Waals surface area (Å²) >= 11 is 0. The van der Waals surface area contributed by atoms with Crippen LogP contribution in [-0.2, 0) is 19.6 Å². The first-order chi connectivity index (χ1) is 21.8. The van der Waals surface area contributed by atoms with Gasteiger partial charge in [0.25, 0.3) is 5.89 Å². The predicted octanol–water partition coefficient (Wildman–Crippen LogP) is 6.21. The maximum absolute atomic E-state index is 14.7. The number of methoxy groups -OCH3 is 1. The van der Waals surface area contributed by atoms with E-state index in [0.717, 1.165) is 11.0 Å². The Morgan fingerprint density at radius 1 is 0.915 bits per heavy atom. The number of imidazole rings is 1. The van der Waals surface area contributed by atoms with Crippen LogP contribution < -0.4 is 9.46 Å². The fourth-order valence-corrected chi connectivity index (χ4v) is 4.17. The van der Waals surface area contributed by atoms with Crippen molar-refractivity contribution in [2.45, 2.75) is 19.3 Å². The van der Waals surface area contributed by atoms with Crippen molar-refractivity contribution in [2.24, 2.45) is 0 Å². The summed E-state index contributed by atoms with van der Waals surface area (Å²) in [5.74, 6) is -5.71. The number of carboxylic acids is 2. The van der Waals surface area contributed by atoms with Crippen molar-refractivity contribution in [1.29, 1.82) is 0 Å². The molecule has 2 heterocycles. The molecule has 5 rings (SSSR count). The Hall–Kier alpha value is -5.40. The van der Waals surface area contributed by atoms with Gasteiger partial charge >= 0.3 is 24.3 Å². The minimum absolute atomic E-state index is 0.0231. The molecule has 4 N–H and O–H groups in total. The molecule has 0 atom stereocenters. The zero-order valence-electron chi connectivity index (χ0n) is 23.7. The quantitative estimate of drug-likeness (QED) is 0.149. The maximum atomic E-state index is 14.7. The average molecular weight is 695 g/mol. The number of carbonyl (C=O) groups is 2. The van der Waals surface area contributed by atoms with E-state index < -0.39 is 40.1 Å². The van der Waals surface area contributed by atoms with Gasteiger partial charge in [-0.25, -0.2) is 32.4 Å². The molecule has 0 radical (unpaired) electrons. The second-order valence-electron chi connectivity index (χ2n) is 8.95. The van der Waals surface area contributed by atoms with Gasteiger partial charge in [0.05, 0.1) is 29.6 Å². The van der Waals surface area contributed by atoms with Gasteiger partial charge in [-0.2, -0.15) is 26.3 Å². The topological polar surface area (TPSA) is 185 Å². The summed E-state index contributed by atoms with van der Waals surface area (Å²) in [6.45, 7) is 1.49. The number of benzene rings is 3. The molecule has 252 valence electrons. The zero-order chi connectivity index (χ0) is 35.3. The lowest BCUT2D eigenvalue weighted by molar-refractivity contribution is -0.193.